The van der Waals surface area contributed by atoms with E-state index >= 15 is 0 Å². The summed E-state index contributed by atoms with van der Waals surface area (Å²) in [5.41, 5.74) is 3.29. The maximum Gasteiger partial charge on any atom is 0.233 e. The molecule has 0 bridgehead atoms. The van der Waals surface area contributed by atoms with Crippen LogP contribution in [0.15, 0.2) is 60.0 Å². The summed E-state index contributed by atoms with van der Waals surface area (Å²) in [5, 5.41) is 11.6. The van der Waals surface area contributed by atoms with Gasteiger partial charge in [-0.05, 0) is 49.6 Å². The third-order valence-electron chi connectivity index (χ3n) is 4.41. The van der Waals surface area contributed by atoms with E-state index in [2.05, 4.69) is 15.5 Å². The first-order valence-corrected chi connectivity index (χ1v) is 10.00. The minimum atomic E-state index is -0.275. The second kappa shape index (κ2) is 9.41. The van der Waals surface area contributed by atoms with Gasteiger partial charge in [0.1, 0.15) is 12.1 Å². The monoisotopic (exact) mass is 396 g/mol. The average molecular weight is 397 g/mol. The van der Waals surface area contributed by atoms with Crippen LogP contribution in [0, 0.1) is 6.92 Å². The van der Waals surface area contributed by atoms with E-state index in [-0.39, 0.29) is 11.2 Å². The number of para-hydroxylation sites is 1. The Kier molecular flexibility index (Phi) is 6.71. The summed E-state index contributed by atoms with van der Waals surface area (Å²) in [6, 6.07) is 15.9. The van der Waals surface area contributed by atoms with Gasteiger partial charge in [0.05, 0.1) is 18.0 Å². The van der Waals surface area contributed by atoms with Crippen LogP contribution >= 0.6 is 11.8 Å². The van der Waals surface area contributed by atoms with Crippen LogP contribution in [0.2, 0.25) is 0 Å². The first-order valence-electron chi connectivity index (χ1n) is 9.12. The topological polar surface area (TPSA) is 69.0 Å². The Morgan fingerprint density at radius 2 is 1.96 bits per heavy atom. The Labute approximate surface area is 169 Å². The number of aryl methyl sites for hydroxylation is 1. The summed E-state index contributed by atoms with van der Waals surface area (Å²) in [4.78, 5) is 12.5. The fourth-order valence-electron chi connectivity index (χ4n) is 2.78. The lowest BCUT2D eigenvalue weighted by atomic mass is 10.1. The van der Waals surface area contributed by atoms with E-state index in [1.807, 2.05) is 66.9 Å². The van der Waals surface area contributed by atoms with Gasteiger partial charge in [0.25, 0.3) is 0 Å². The maximum absolute atomic E-state index is 12.5. The number of amides is 1. The molecule has 1 N–H and O–H groups in total. The number of carbonyl (C=O) groups is 1. The van der Waals surface area contributed by atoms with Gasteiger partial charge < -0.3 is 10.1 Å². The van der Waals surface area contributed by atoms with E-state index in [0.29, 0.717) is 11.7 Å². The van der Waals surface area contributed by atoms with E-state index in [4.69, 9.17) is 4.74 Å². The van der Waals surface area contributed by atoms with Gasteiger partial charge in [-0.2, -0.15) is 0 Å². The zero-order valence-corrected chi connectivity index (χ0v) is 17.1. The van der Waals surface area contributed by atoms with Gasteiger partial charge in [-0.1, -0.05) is 42.1 Å². The van der Waals surface area contributed by atoms with Crippen LogP contribution in [-0.2, 0) is 11.2 Å². The second-order valence-electron chi connectivity index (χ2n) is 6.42. The van der Waals surface area contributed by atoms with Crippen molar-refractivity contribution in [1.82, 2.24) is 20.1 Å². The fourth-order valence-corrected chi connectivity index (χ4v) is 3.64. The molecule has 0 aliphatic rings. The van der Waals surface area contributed by atoms with Crippen LogP contribution in [-0.4, -0.2) is 39.6 Å². The van der Waals surface area contributed by atoms with Crippen molar-refractivity contribution in [3.05, 3.63) is 66.0 Å². The predicted molar refractivity (Wildman–Crippen MR) is 111 cm³/mol. The molecule has 146 valence electrons. The van der Waals surface area contributed by atoms with E-state index < -0.39 is 0 Å². The molecule has 1 heterocycles. The molecule has 7 heteroatoms. The summed E-state index contributed by atoms with van der Waals surface area (Å²) in [6.07, 6.45) is 2.45. The molecule has 0 aliphatic carbocycles. The van der Waals surface area contributed by atoms with Gasteiger partial charge in [0.15, 0.2) is 5.16 Å². The highest BCUT2D eigenvalue weighted by molar-refractivity contribution is 8.00. The molecule has 6 nitrogen and oxygen atoms in total. The highest BCUT2D eigenvalue weighted by Gasteiger charge is 2.18. The van der Waals surface area contributed by atoms with Crippen LogP contribution in [0.4, 0.5) is 0 Å². The van der Waals surface area contributed by atoms with Crippen LogP contribution in [0.1, 0.15) is 18.1 Å². The Balaban J connectivity index is 1.55. The zero-order chi connectivity index (χ0) is 19.9. The normalized spacial score (nSPS) is 11.8. The van der Waals surface area contributed by atoms with Gasteiger partial charge in [0.2, 0.25) is 5.91 Å². The minimum absolute atomic E-state index is 0.0159. The van der Waals surface area contributed by atoms with Gasteiger partial charge in [-0.15, -0.1) is 10.2 Å². The minimum Gasteiger partial charge on any atom is -0.497 e. The summed E-state index contributed by atoms with van der Waals surface area (Å²) in [5.74, 6) is 0.813. The molecule has 1 unspecified atom stereocenters. The Morgan fingerprint density at radius 3 is 2.68 bits per heavy atom. The van der Waals surface area contributed by atoms with Crippen molar-refractivity contribution in [3.63, 3.8) is 0 Å². The van der Waals surface area contributed by atoms with Crippen molar-refractivity contribution >= 4 is 17.7 Å². The third kappa shape index (κ3) is 4.92. The number of aromatic nitrogens is 3. The third-order valence-corrected chi connectivity index (χ3v) is 5.47. The highest BCUT2D eigenvalue weighted by Crippen LogP contribution is 2.25. The molecule has 0 spiro atoms. The molecular formula is C21H24N4O2S. The lowest BCUT2D eigenvalue weighted by Gasteiger charge is -2.13. The average Bonchev–Trinajstić information content (AvgIpc) is 3.16. The standard InChI is InChI=1S/C21H24N4O2S/c1-15-6-4-5-7-19(15)25-14-23-24-21(25)28-16(2)20(26)22-13-12-17-8-10-18(27-3)11-9-17/h4-11,14,16H,12-13H2,1-3H3,(H,22,26). The van der Waals surface area contributed by atoms with Crippen LogP contribution in [0.5, 0.6) is 5.75 Å². The molecule has 0 saturated carbocycles. The molecule has 28 heavy (non-hydrogen) atoms. The summed E-state index contributed by atoms with van der Waals surface area (Å²) < 4.78 is 7.07. The van der Waals surface area contributed by atoms with Crippen molar-refractivity contribution in [2.45, 2.75) is 30.7 Å². The lowest BCUT2D eigenvalue weighted by molar-refractivity contribution is -0.120. The first kappa shape index (κ1) is 19.9. The SMILES string of the molecule is COc1ccc(CCNC(=O)C(C)Sc2nncn2-c2ccccc2C)cc1. The van der Waals surface area contributed by atoms with Crippen molar-refractivity contribution in [2.24, 2.45) is 0 Å². The molecule has 1 aromatic heterocycles. The molecule has 0 saturated heterocycles. The van der Waals surface area contributed by atoms with E-state index in [1.165, 1.54) is 11.8 Å². The number of rotatable bonds is 8. The van der Waals surface area contributed by atoms with E-state index in [9.17, 15) is 4.79 Å². The number of nitrogens with zero attached hydrogens (tertiary/aromatic N) is 3. The molecule has 1 atom stereocenters. The number of hydrogen-bond acceptors (Lipinski definition) is 5. The number of thioether (sulfide) groups is 1. The molecule has 1 amide bonds. The van der Waals surface area contributed by atoms with Crippen LogP contribution in [0.25, 0.3) is 5.69 Å². The van der Waals surface area contributed by atoms with Crippen molar-refractivity contribution < 1.29 is 9.53 Å². The predicted octanol–water partition coefficient (Wildman–Crippen LogP) is 3.42. The highest BCUT2D eigenvalue weighted by atomic mass is 32.2. The molecule has 0 radical (unpaired) electrons. The van der Waals surface area contributed by atoms with Gasteiger partial charge in [-0.3, -0.25) is 9.36 Å². The summed E-state index contributed by atoms with van der Waals surface area (Å²) in [6.45, 7) is 4.50. The van der Waals surface area contributed by atoms with Crippen molar-refractivity contribution in [2.75, 3.05) is 13.7 Å². The fraction of sp³-hybridized carbons (Fsp3) is 0.286. The van der Waals surface area contributed by atoms with E-state index in [1.54, 1.807) is 13.4 Å². The smallest absolute Gasteiger partial charge is 0.233 e. The summed E-state index contributed by atoms with van der Waals surface area (Å²) in [7, 11) is 1.65. The molecular weight excluding hydrogens is 372 g/mol. The number of methoxy groups -OCH3 is 1. The molecule has 0 fully saturated rings. The number of nitrogens with one attached hydrogen (secondary N) is 1. The quantitative estimate of drug-likeness (QED) is 0.591. The van der Waals surface area contributed by atoms with Gasteiger partial charge in [0, 0.05) is 6.54 Å². The summed E-state index contributed by atoms with van der Waals surface area (Å²) >= 11 is 1.40. The largest absolute Gasteiger partial charge is 0.497 e. The Hall–Kier alpha value is -2.80. The maximum atomic E-state index is 12.5. The molecule has 0 aliphatic heterocycles. The van der Waals surface area contributed by atoms with Crippen molar-refractivity contribution in [3.8, 4) is 11.4 Å². The van der Waals surface area contributed by atoms with E-state index in [0.717, 1.165) is 29.0 Å². The number of benzene rings is 2. The first-order chi connectivity index (χ1) is 13.6. The molecule has 3 aromatic rings. The van der Waals surface area contributed by atoms with Crippen molar-refractivity contribution in [1.29, 1.82) is 0 Å². The lowest BCUT2D eigenvalue weighted by Crippen LogP contribution is -2.32. The zero-order valence-electron chi connectivity index (χ0n) is 16.3. The second-order valence-corrected chi connectivity index (χ2v) is 7.73. The van der Waals surface area contributed by atoms with Crippen LogP contribution < -0.4 is 10.1 Å². The Morgan fingerprint density at radius 1 is 1.21 bits per heavy atom. The van der Waals surface area contributed by atoms with Gasteiger partial charge in [-0.25, -0.2) is 0 Å². The van der Waals surface area contributed by atoms with Gasteiger partial charge >= 0.3 is 0 Å². The molecule has 3 rings (SSSR count). The number of carbonyl (C=O) groups excluding carboxylic acids is 1. The number of ether oxygens (including phenoxy) is 1. The Bertz CT molecular complexity index is 924. The van der Waals surface area contributed by atoms with Crippen LogP contribution in [0.3, 0.4) is 0 Å². The number of hydrogen-bond donors (Lipinski definition) is 1. The molecule has 2 aromatic carbocycles.